The molecule has 0 saturated carbocycles. The Morgan fingerprint density at radius 1 is 0.967 bits per heavy atom. The van der Waals surface area contributed by atoms with Crippen LogP contribution in [-0.4, -0.2) is 47.0 Å². The molecule has 0 bridgehead atoms. The summed E-state index contributed by atoms with van der Waals surface area (Å²) in [6.45, 7) is 4.70. The number of carbonyl (C=O) groups is 1. The summed E-state index contributed by atoms with van der Waals surface area (Å²) in [7, 11) is 0. The van der Waals surface area contributed by atoms with Gasteiger partial charge in [-0.2, -0.15) is 0 Å². The predicted molar refractivity (Wildman–Crippen MR) is 121 cm³/mol. The third kappa shape index (κ3) is 4.86. The Kier molecular flexibility index (Phi) is 6.10. The first-order valence-electron chi connectivity index (χ1n) is 9.97. The van der Waals surface area contributed by atoms with Crippen molar-refractivity contribution in [1.82, 2.24) is 14.9 Å². The van der Waals surface area contributed by atoms with Crippen LogP contribution in [0.5, 0.6) is 0 Å². The van der Waals surface area contributed by atoms with E-state index < -0.39 is 0 Å². The molecule has 1 amide bonds. The number of rotatable bonds is 4. The summed E-state index contributed by atoms with van der Waals surface area (Å²) in [4.78, 5) is 25.8. The Labute approximate surface area is 181 Å². The van der Waals surface area contributed by atoms with E-state index in [1.54, 1.807) is 12.2 Å². The zero-order valence-electron chi connectivity index (χ0n) is 16.8. The lowest BCUT2D eigenvalue weighted by Gasteiger charge is -2.35. The van der Waals surface area contributed by atoms with Crippen molar-refractivity contribution >= 4 is 29.4 Å². The molecule has 5 nitrogen and oxygen atoms in total. The van der Waals surface area contributed by atoms with Crippen molar-refractivity contribution < 1.29 is 4.79 Å². The molecule has 0 unspecified atom stereocenters. The molecular weight excluding hydrogens is 396 g/mol. The molecule has 0 aliphatic carbocycles. The van der Waals surface area contributed by atoms with Gasteiger partial charge in [0.25, 0.3) is 0 Å². The van der Waals surface area contributed by atoms with E-state index in [4.69, 9.17) is 11.6 Å². The van der Waals surface area contributed by atoms with Crippen LogP contribution in [0.3, 0.4) is 0 Å². The summed E-state index contributed by atoms with van der Waals surface area (Å²) in [5, 5.41) is 0.660. The lowest BCUT2D eigenvalue weighted by molar-refractivity contribution is -0.126. The van der Waals surface area contributed by atoms with Gasteiger partial charge in [0, 0.05) is 48.9 Å². The average molecular weight is 419 g/mol. The maximum absolute atomic E-state index is 12.6. The summed E-state index contributed by atoms with van der Waals surface area (Å²) in [6, 6.07) is 19.6. The smallest absolute Gasteiger partial charge is 0.246 e. The number of amides is 1. The first-order chi connectivity index (χ1) is 14.6. The topological polar surface area (TPSA) is 49.3 Å². The van der Waals surface area contributed by atoms with Crippen LogP contribution < -0.4 is 4.90 Å². The molecule has 6 heteroatoms. The number of anilines is 1. The summed E-state index contributed by atoms with van der Waals surface area (Å²) >= 11 is 6.00. The van der Waals surface area contributed by atoms with Crippen molar-refractivity contribution in [2.45, 2.75) is 6.92 Å². The first kappa shape index (κ1) is 20.1. The Morgan fingerprint density at radius 3 is 2.47 bits per heavy atom. The molecule has 0 radical (unpaired) electrons. The molecule has 1 aromatic heterocycles. The number of aryl methyl sites for hydroxylation is 1. The number of piperazine rings is 1. The largest absolute Gasteiger partial charge is 0.353 e. The number of hydrogen-bond donors (Lipinski definition) is 0. The summed E-state index contributed by atoms with van der Waals surface area (Å²) in [5.74, 6) is 1.66. The van der Waals surface area contributed by atoms with E-state index in [0.29, 0.717) is 18.1 Å². The SMILES string of the molecule is Cc1nc(-c2ccccc2)cc(N2CCN(C(=O)/C=C/c3cccc(Cl)c3)CC2)n1. The van der Waals surface area contributed by atoms with Crippen molar-refractivity contribution in [2.24, 2.45) is 0 Å². The van der Waals surface area contributed by atoms with Crippen LogP contribution in [0, 0.1) is 6.92 Å². The Hall–Kier alpha value is -3.18. The van der Waals surface area contributed by atoms with E-state index in [9.17, 15) is 4.79 Å². The highest BCUT2D eigenvalue weighted by molar-refractivity contribution is 6.30. The minimum absolute atomic E-state index is 0.0125. The predicted octanol–water partition coefficient (Wildman–Crippen LogP) is 4.47. The van der Waals surface area contributed by atoms with E-state index in [0.717, 1.165) is 41.6 Å². The fourth-order valence-corrected chi connectivity index (χ4v) is 3.71. The van der Waals surface area contributed by atoms with Gasteiger partial charge in [0.2, 0.25) is 5.91 Å². The molecule has 152 valence electrons. The van der Waals surface area contributed by atoms with Gasteiger partial charge in [-0.05, 0) is 30.7 Å². The van der Waals surface area contributed by atoms with Gasteiger partial charge in [-0.15, -0.1) is 0 Å². The zero-order valence-corrected chi connectivity index (χ0v) is 17.6. The molecule has 3 aromatic rings. The molecule has 2 aromatic carbocycles. The molecule has 1 saturated heterocycles. The van der Waals surface area contributed by atoms with Gasteiger partial charge in [0.05, 0.1) is 5.69 Å². The highest BCUT2D eigenvalue weighted by Crippen LogP contribution is 2.22. The lowest BCUT2D eigenvalue weighted by atomic mass is 10.1. The van der Waals surface area contributed by atoms with E-state index in [-0.39, 0.29) is 5.91 Å². The van der Waals surface area contributed by atoms with Gasteiger partial charge in [-0.3, -0.25) is 4.79 Å². The van der Waals surface area contributed by atoms with Crippen LogP contribution in [0.1, 0.15) is 11.4 Å². The van der Waals surface area contributed by atoms with Crippen LogP contribution in [0.4, 0.5) is 5.82 Å². The fraction of sp³-hybridized carbons (Fsp3) is 0.208. The highest BCUT2D eigenvalue weighted by Gasteiger charge is 2.21. The van der Waals surface area contributed by atoms with Crippen LogP contribution in [0.25, 0.3) is 17.3 Å². The van der Waals surface area contributed by atoms with E-state index in [1.165, 1.54) is 0 Å². The van der Waals surface area contributed by atoms with Crippen molar-refractivity contribution in [3.8, 4) is 11.3 Å². The maximum Gasteiger partial charge on any atom is 0.246 e. The second kappa shape index (κ2) is 9.09. The van der Waals surface area contributed by atoms with Gasteiger partial charge >= 0.3 is 0 Å². The normalized spacial score (nSPS) is 14.3. The molecule has 30 heavy (non-hydrogen) atoms. The second-order valence-electron chi connectivity index (χ2n) is 7.23. The molecule has 0 N–H and O–H groups in total. The average Bonchev–Trinajstić information content (AvgIpc) is 2.78. The van der Waals surface area contributed by atoms with Crippen molar-refractivity contribution in [2.75, 3.05) is 31.1 Å². The zero-order chi connectivity index (χ0) is 20.9. The van der Waals surface area contributed by atoms with Gasteiger partial charge in [0.1, 0.15) is 11.6 Å². The van der Waals surface area contributed by atoms with Gasteiger partial charge in [-0.1, -0.05) is 54.1 Å². The van der Waals surface area contributed by atoms with Crippen LogP contribution >= 0.6 is 11.6 Å². The third-order valence-electron chi connectivity index (χ3n) is 5.08. The summed E-state index contributed by atoms with van der Waals surface area (Å²) in [5.41, 5.74) is 2.91. The minimum atomic E-state index is 0.0125. The lowest BCUT2D eigenvalue weighted by Crippen LogP contribution is -2.48. The van der Waals surface area contributed by atoms with Gasteiger partial charge < -0.3 is 9.80 Å². The molecule has 1 aliphatic rings. The maximum atomic E-state index is 12.6. The Bertz CT molecular complexity index is 1060. The molecule has 1 aliphatic heterocycles. The summed E-state index contributed by atoms with van der Waals surface area (Å²) < 4.78 is 0. The van der Waals surface area contributed by atoms with Crippen LogP contribution in [-0.2, 0) is 4.79 Å². The quantitative estimate of drug-likeness (QED) is 0.586. The van der Waals surface area contributed by atoms with E-state index >= 15 is 0 Å². The second-order valence-corrected chi connectivity index (χ2v) is 7.66. The van der Waals surface area contributed by atoms with Gasteiger partial charge in [0.15, 0.2) is 0 Å². The number of aromatic nitrogens is 2. The molecule has 4 rings (SSSR count). The molecular formula is C24H23ClN4O. The Balaban J connectivity index is 1.41. The fourth-order valence-electron chi connectivity index (χ4n) is 3.51. The minimum Gasteiger partial charge on any atom is -0.353 e. The monoisotopic (exact) mass is 418 g/mol. The van der Waals surface area contributed by atoms with E-state index in [2.05, 4.69) is 27.0 Å². The number of carbonyl (C=O) groups excluding carboxylic acids is 1. The molecule has 2 heterocycles. The van der Waals surface area contributed by atoms with Crippen molar-refractivity contribution in [3.63, 3.8) is 0 Å². The Morgan fingerprint density at radius 2 is 1.73 bits per heavy atom. The van der Waals surface area contributed by atoms with Crippen LogP contribution in [0.15, 0.2) is 66.7 Å². The first-order valence-corrected chi connectivity index (χ1v) is 10.3. The van der Waals surface area contributed by atoms with E-state index in [1.807, 2.05) is 60.4 Å². The molecule has 0 spiro atoms. The standard InChI is InChI=1S/C24H23ClN4O/c1-18-26-22(20-7-3-2-4-8-20)17-23(27-18)28-12-14-29(15-13-28)24(30)11-10-19-6-5-9-21(25)16-19/h2-11,16-17H,12-15H2,1H3/b11-10+. The molecule has 1 fully saturated rings. The number of halogens is 1. The highest BCUT2D eigenvalue weighted by atomic mass is 35.5. The number of nitrogens with zero attached hydrogens (tertiary/aromatic N) is 4. The van der Waals surface area contributed by atoms with Crippen LogP contribution in [0.2, 0.25) is 5.02 Å². The third-order valence-corrected chi connectivity index (χ3v) is 5.31. The van der Waals surface area contributed by atoms with Gasteiger partial charge in [-0.25, -0.2) is 9.97 Å². The molecule has 0 atom stereocenters. The number of hydrogen-bond acceptors (Lipinski definition) is 4. The number of benzene rings is 2. The van der Waals surface area contributed by atoms with Crippen molar-refractivity contribution in [3.05, 3.63) is 83.2 Å². The van der Waals surface area contributed by atoms with Crippen molar-refractivity contribution in [1.29, 1.82) is 0 Å². The summed E-state index contributed by atoms with van der Waals surface area (Å²) in [6.07, 6.45) is 3.42.